The molecule has 5 nitrogen and oxygen atoms in total. The summed E-state index contributed by atoms with van der Waals surface area (Å²) in [6.07, 6.45) is 0. The van der Waals surface area contributed by atoms with Gasteiger partial charge in [-0.25, -0.2) is 0 Å². The van der Waals surface area contributed by atoms with Crippen LogP contribution >= 0.6 is 0 Å². The molecule has 1 aromatic rings. The highest BCUT2D eigenvalue weighted by molar-refractivity contribution is 5.86. The van der Waals surface area contributed by atoms with Crippen LogP contribution in [-0.2, 0) is 22.7 Å². The summed E-state index contributed by atoms with van der Waals surface area (Å²) < 4.78 is 0. The second-order valence-corrected chi connectivity index (χ2v) is 4.12. The van der Waals surface area contributed by atoms with Gasteiger partial charge in [-0.1, -0.05) is 24.3 Å². The molecule has 2 amide bonds. The Kier molecular flexibility index (Phi) is 5.32. The molecule has 0 aromatic heterocycles. The third kappa shape index (κ3) is 4.55. The molecule has 0 fully saturated rings. The van der Waals surface area contributed by atoms with E-state index in [2.05, 4.69) is 10.6 Å². The molecular weight excluding hydrogens is 232 g/mol. The van der Waals surface area contributed by atoms with Crippen molar-refractivity contribution in [3.63, 3.8) is 0 Å². The van der Waals surface area contributed by atoms with Gasteiger partial charge in [0, 0.05) is 13.5 Å². The van der Waals surface area contributed by atoms with Crippen molar-refractivity contribution in [3.05, 3.63) is 35.4 Å². The zero-order chi connectivity index (χ0) is 13.5. The number of benzene rings is 1. The van der Waals surface area contributed by atoms with E-state index in [1.54, 1.807) is 6.92 Å². The lowest BCUT2D eigenvalue weighted by Gasteiger charge is -2.13. The number of hydrogen-bond donors (Lipinski definition) is 3. The van der Waals surface area contributed by atoms with Crippen LogP contribution in [0.4, 0.5) is 0 Å². The average molecular weight is 250 g/mol. The standard InChI is InChI=1S/C13H18N2O3/c1-9(15-10(2)17)13(18)14-7-11-4-3-5-12(6-11)8-16/h3-6,9,16H,7-8H2,1-2H3,(H,14,18)(H,15,17). The van der Waals surface area contributed by atoms with Gasteiger partial charge in [-0.15, -0.1) is 0 Å². The molecule has 18 heavy (non-hydrogen) atoms. The lowest BCUT2D eigenvalue weighted by atomic mass is 10.1. The number of hydrogen-bond acceptors (Lipinski definition) is 3. The molecule has 1 unspecified atom stereocenters. The maximum absolute atomic E-state index is 11.6. The van der Waals surface area contributed by atoms with E-state index in [9.17, 15) is 9.59 Å². The smallest absolute Gasteiger partial charge is 0.242 e. The first kappa shape index (κ1) is 14.2. The van der Waals surface area contributed by atoms with E-state index in [-0.39, 0.29) is 18.4 Å². The van der Waals surface area contributed by atoms with Crippen LogP contribution in [-0.4, -0.2) is 23.0 Å². The van der Waals surface area contributed by atoms with Crippen molar-refractivity contribution in [2.45, 2.75) is 33.0 Å². The number of carbonyl (C=O) groups is 2. The van der Waals surface area contributed by atoms with Crippen molar-refractivity contribution in [2.75, 3.05) is 0 Å². The van der Waals surface area contributed by atoms with Crippen LogP contribution in [0.15, 0.2) is 24.3 Å². The van der Waals surface area contributed by atoms with Crippen molar-refractivity contribution in [2.24, 2.45) is 0 Å². The van der Waals surface area contributed by atoms with Crippen molar-refractivity contribution in [1.82, 2.24) is 10.6 Å². The maximum Gasteiger partial charge on any atom is 0.242 e. The first-order chi connectivity index (χ1) is 8.52. The summed E-state index contributed by atoms with van der Waals surface area (Å²) in [6.45, 7) is 3.34. The van der Waals surface area contributed by atoms with Gasteiger partial charge >= 0.3 is 0 Å². The van der Waals surface area contributed by atoms with Crippen LogP contribution in [0.3, 0.4) is 0 Å². The summed E-state index contributed by atoms with van der Waals surface area (Å²) in [5.74, 6) is -0.473. The van der Waals surface area contributed by atoms with Gasteiger partial charge in [-0.05, 0) is 18.1 Å². The molecule has 5 heteroatoms. The average Bonchev–Trinajstić information content (AvgIpc) is 2.35. The molecule has 0 saturated heterocycles. The predicted octanol–water partition coefficient (Wildman–Crippen LogP) is 0.320. The zero-order valence-electron chi connectivity index (χ0n) is 10.6. The van der Waals surface area contributed by atoms with Gasteiger partial charge < -0.3 is 15.7 Å². The van der Waals surface area contributed by atoms with Crippen LogP contribution < -0.4 is 10.6 Å². The van der Waals surface area contributed by atoms with Crippen molar-refractivity contribution in [3.8, 4) is 0 Å². The fourth-order valence-electron chi connectivity index (χ4n) is 1.55. The number of amides is 2. The van der Waals surface area contributed by atoms with Gasteiger partial charge in [0.25, 0.3) is 0 Å². The first-order valence-corrected chi connectivity index (χ1v) is 5.76. The quantitative estimate of drug-likeness (QED) is 0.704. The maximum atomic E-state index is 11.6. The Morgan fingerprint density at radius 3 is 2.61 bits per heavy atom. The van der Waals surface area contributed by atoms with Crippen LogP contribution in [0.5, 0.6) is 0 Å². The molecule has 0 spiro atoms. The Balaban J connectivity index is 2.49. The lowest BCUT2D eigenvalue weighted by molar-refractivity contribution is -0.127. The second-order valence-electron chi connectivity index (χ2n) is 4.12. The van der Waals surface area contributed by atoms with E-state index in [4.69, 9.17) is 5.11 Å². The van der Waals surface area contributed by atoms with E-state index < -0.39 is 6.04 Å². The molecule has 1 rings (SSSR count). The molecule has 1 atom stereocenters. The third-order valence-electron chi connectivity index (χ3n) is 2.45. The molecule has 0 aliphatic heterocycles. The monoisotopic (exact) mass is 250 g/mol. The summed E-state index contributed by atoms with van der Waals surface area (Å²) in [7, 11) is 0. The number of rotatable bonds is 5. The Hall–Kier alpha value is -1.88. The normalized spacial score (nSPS) is 11.7. The van der Waals surface area contributed by atoms with Crippen LogP contribution in [0.1, 0.15) is 25.0 Å². The minimum atomic E-state index is -0.552. The topological polar surface area (TPSA) is 78.4 Å². The number of carbonyl (C=O) groups excluding carboxylic acids is 2. The van der Waals surface area contributed by atoms with Crippen molar-refractivity contribution >= 4 is 11.8 Å². The molecule has 98 valence electrons. The Bertz CT molecular complexity index is 432. The van der Waals surface area contributed by atoms with Crippen LogP contribution in [0.2, 0.25) is 0 Å². The van der Waals surface area contributed by atoms with Gasteiger partial charge in [0.15, 0.2) is 0 Å². The summed E-state index contributed by atoms with van der Waals surface area (Å²) in [6, 6.07) is 6.77. The highest BCUT2D eigenvalue weighted by Gasteiger charge is 2.12. The van der Waals surface area contributed by atoms with Gasteiger partial charge in [0.05, 0.1) is 6.61 Å². The van der Waals surface area contributed by atoms with E-state index in [0.29, 0.717) is 6.54 Å². The number of aliphatic hydroxyl groups is 1. The highest BCUT2D eigenvalue weighted by Crippen LogP contribution is 2.04. The van der Waals surface area contributed by atoms with Gasteiger partial charge in [-0.2, -0.15) is 0 Å². The number of nitrogens with one attached hydrogen (secondary N) is 2. The SMILES string of the molecule is CC(=O)NC(C)C(=O)NCc1cccc(CO)c1. The molecule has 0 bridgehead atoms. The summed E-state index contributed by atoms with van der Waals surface area (Å²) in [5.41, 5.74) is 1.71. The lowest BCUT2D eigenvalue weighted by Crippen LogP contribution is -2.43. The fraction of sp³-hybridized carbons (Fsp3) is 0.385. The highest BCUT2D eigenvalue weighted by atomic mass is 16.3. The molecule has 0 saturated carbocycles. The molecule has 0 aliphatic rings. The first-order valence-electron chi connectivity index (χ1n) is 5.76. The molecule has 0 heterocycles. The Labute approximate surface area is 106 Å². The minimum Gasteiger partial charge on any atom is -0.392 e. The Morgan fingerprint density at radius 2 is 2.00 bits per heavy atom. The van der Waals surface area contributed by atoms with E-state index >= 15 is 0 Å². The minimum absolute atomic E-state index is 0.0237. The second kappa shape index (κ2) is 6.76. The molecular formula is C13H18N2O3. The summed E-state index contributed by atoms with van der Waals surface area (Å²) in [4.78, 5) is 22.4. The molecule has 0 radical (unpaired) electrons. The summed E-state index contributed by atoms with van der Waals surface area (Å²) >= 11 is 0. The molecule has 3 N–H and O–H groups in total. The fourth-order valence-corrected chi connectivity index (χ4v) is 1.55. The van der Waals surface area contributed by atoms with Gasteiger partial charge in [-0.3, -0.25) is 9.59 Å². The van der Waals surface area contributed by atoms with Crippen molar-refractivity contribution < 1.29 is 14.7 Å². The van der Waals surface area contributed by atoms with E-state index in [1.807, 2.05) is 24.3 Å². The van der Waals surface area contributed by atoms with Crippen LogP contribution in [0.25, 0.3) is 0 Å². The largest absolute Gasteiger partial charge is 0.392 e. The Morgan fingerprint density at radius 1 is 1.33 bits per heavy atom. The van der Waals surface area contributed by atoms with Gasteiger partial charge in [0.1, 0.15) is 6.04 Å². The zero-order valence-corrected chi connectivity index (χ0v) is 10.6. The van der Waals surface area contributed by atoms with Crippen molar-refractivity contribution in [1.29, 1.82) is 0 Å². The number of aliphatic hydroxyl groups excluding tert-OH is 1. The molecule has 1 aromatic carbocycles. The molecule has 0 aliphatic carbocycles. The summed E-state index contributed by atoms with van der Waals surface area (Å²) in [5, 5.41) is 14.2. The van der Waals surface area contributed by atoms with E-state index in [0.717, 1.165) is 11.1 Å². The predicted molar refractivity (Wildman–Crippen MR) is 67.5 cm³/mol. The van der Waals surface area contributed by atoms with Gasteiger partial charge in [0.2, 0.25) is 11.8 Å². The van der Waals surface area contributed by atoms with Crippen LogP contribution in [0, 0.1) is 0 Å². The third-order valence-corrected chi connectivity index (χ3v) is 2.45. The van der Waals surface area contributed by atoms with E-state index in [1.165, 1.54) is 6.92 Å².